The van der Waals surface area contributed by atoms with Gasteiger partial charge in [0.1, 0.15) is 6.61 Å². The third kappa shape index (κ3) is 5.07. The maximum Gasteiger partial charge on any atom is 0.340 e. The van der Waals surface area contributed by atoms with E-state index in [0.717, 1.165) is 17.2 Å². The number of anilines is 2. The van der Waals surface area contributed by atoms with Crippen molar-refractivity contribution in [2.75, 3.05) is 4.90 Å². The molecular weight excluding hydrogens is 442 g/mol. The zero-order valence-electron chi connectivity index (χ0n) is 16.9. The molecule has 0 saturated carbocycles. The highest BCUT2D eigenvalue weighted by atomic mass is 35.5. The first kappa shape index (κ1) is 22.4. The van der Waals surface area contributed by atoms with Gasteiger partial charge in [-0.15, -0.1) is 11.3 Å². The minimum atomic E-state index is -0.805. The number of esters is 1. The van der Waals surface area contributed by atoms with Crippen molar-refractivity contribution in [1.82, 2.24) is 4.98 Å². The Kier molecular flexibility index (Phi) is 6.67. The van der Waals surface area contributed by atoms with E-state index < -0.39 is 10.9 Å². The van der Waals surface area contributed by atoms with Crippen LogP contribution in [-0.4, -0.2) is 21.8 Å². The number of aromatic nitrogens is 1. The number of rotatable bonds is 6. The Morgan fingerprint density at radius 2 is 1.94 bits per heavy atom. The van der Waals surface area contributed by atoms with Crippen LogP contribution in [-0.2, 0) is 16.1 Å². The Morgan fingerprint density at radius 1 is 1.19 bits per heavy atom. The predicted octanol–water partition coefficient (Wildman–Crippen LogP) is 5.36. The van der Waals surface area contributed by atoms with Crippen molar-refractivity contribution < 1.29 is 19.2 Å². The van der Waals surface area contributed by atoms with Gasteiger partial charge in [0.15, 0.2) is 5.13 Å². The number of nitrogens with zero attached hydrogens (tertiary/aromatic N) is 3. The van der Waals surface area contributed by atoms with E-state index in [4.69, 9.17) is 16.3 Å². The zero-order chi connectivity index (χ0) is 22.7. The third-order valence-electron chi connectivity index (χ3n) is 4.53. The van der Waals surface area contributed by atoms with Gasteiger partial charge in [0, 0.05) is 24.4 Å². The summed E-state index contributed by atoms with van der Waals surface area (Å²) >= 11 is 7.20. The lowest BCUT2D eigenvalue weighted by molar-refractivity contribution is -0.384. The molecule has 1 aromatic heterocycles. The summed E-state index contributed by atoms with van der Waals surface area (Å²) in [6.07, 6.45) is 0. The number of carbonyl (C=O) groups excluding carboxylic acids is 2. The van der Waals surface area contributed by atoms with Gasteiger partial charge in [-0.1, -0.05) is 17.7 Å². The van der Waals surface area contributed by atoms with Crippen molar-refractivity contribution in [2.45, 2.75) is 27.4 Å². The van der Waals surface area contributed by atoms with E-state index in [1.165, 1.54) is 35.3 Å². The first-order valence-electron chi connectivity index (χ1n) is 9.10. The van der Waals surface area contributed by atoms with Crippen molar-refractivity contribution >= 4 is 51.3 Å². The van der Waals surface area contributed by atoms with Gasteiger partial charge in [-0.3, -0.25) is 19.8 Å². The van der Waals surface area contributed by atoms with Crippen LogP contribution in [0.3, 0.4) is 0 Å². The number of halogens is 1. The Hall–Kier alpha value is -3.30. The van der Waals surface area contributed by atoms with Crippen molar-refractivity contribution in [1.29, 1.82) is 0 Å². The van der Waals surface area contributed by atoms with Gasteiger partial charge in [-0.2, -0.15) is 0 Å². The molecule has 31 heavy (non-hydrogen) atoms. The summed E-state index contributed by atoms with van der Waals surface area (Å²) in [5, 5.41) is 13.1. The minimum Gasteiger partial charge on any atom is -0.456 e. The van der Waals surface area contributed by atoms with Gasteiger partial charge in [0.2, 0.25) is 5.91 Å². The van der Waals surface area contributed by atoms with E-state index in [-0.39, 0.29) is 28.8 Å². The Labute approximate surface area is 187 Å². The summed E-state index contributed by atoms with van der Waals surface area (Å²) in [5.74, 6) is -1.01. The Balaban J connectivity index is 1.77. The largest absolute Gasteiger partial charge is 0.456 e. The molecule has 8 nitrogen and oxygen atoms in total. The molecule has 1 heterocycles. The molecule has 3 aromatic rings. The average molecular weight is 460 g/mol. The summed E-state index contributed by atoms with van der Waals surface area (Å²) in [6, 6.07) is 9.21. The molecule has 0 spiro atoms. The van der Waals surface area contributed by atoms with Crippen LogP contribution in [0.25, 0.3) is 0 Å². The molecule has 3 rings (SSSR count). The normalized spacial score (nSPS) is 10.6. The second-order valence-electron chi connectivity index (χ2n) is 6.74. The fourth-order valence-electron chi connectivity index (χ4n) is 2.76. The van der Waals surface area contributed by atoms with E-state index >= 15 is 0 Å². The van der Waals surface area contributed by atoms with E-state index in [2.05, 4.69) is 4.98 Å². The molecule has 2 aromatic carbocycles. The Bertz CT molecular complexity index is 1180. The average Bonchev–Trinajstić information content (AvgIpc) is 3.17. The molecule has 0 unspecified atom stereocenters. The molecule has 0 aliphatic rings. The number of nitro benzene ring substituents is 1. The van der Waals surface area contributed by atoms with Gasteiger partial charge in [-0.25, -0.2) is 9.78 Å². The van der Waals surface area contributed by atoms with Crippen LogP contribution >= 0.6 is 22.9 Å². The lowest BCUT2D eigenvalue weighted by Gasteiger charge is -2.19. The number of hydrogen-bond acceptors (Lipinski definition) is 7. The monoisotopic (exact) mass is 459 g/mol. The van der Waals surface area contributed by atoms with Crippen LogP contribution in [0.15, 0.2) is 41.8 Å². The number of amides is 1. The zero-order valence-corrected chi connectivity index (χ0v) is 18.5. The number of ether oxygens (including phenoxy) is 1. The second kappa shape index (κ2) is 9.23. The van der Waals surface area contributed by atoms with Crippen LogP contribution in [0.4, 0.5) is 16.5 Å². The van der Waals surface area contributed by atoms with Crippen molar-refractivity contribution in [3.8, 4) is 0 Å². The van der Waals surface area contributed by atoms with E-state index in [1.54, 1.807) is 5.38 Å². The number of aryl methyl sites for hydroxylation is 2. The number of hydrogen-bond donors (Lipinski definition) is 0. The predicted molar refractivity (Wildman–Crippen MR) is 118 cm³/mol. The van der Waals surface area contributed by atoms with Gasteiger partial charge in [0.05, 0.1) is 26.9 Å². The summed E-state index contributed by atoms with van der Waals surface area (Å²) < 4.78 is 5.22. The van der Waals surface area contributed by atoms with Crippen LogP contribution in [0.2, 0.25) is 5.02 Å². The van der Waals surface area contributed by atoms with E-state index in [0.29, 0.717) is 16.5 Å². The number of thiazole rings is 1. The molecule has 160 valence electrons. The highest BCUT2D eigenvalue weighted by Gasteiger charge is 2.20. The van der Waals surface area contributed by atoms with Crippen molar-refractivity contribution in [3.05, 3.63) is 79.3 Å². The van der Waals surface area contributed by atoms with Crippen molar-refractivity contribution in [2.24, 2.45) is 0 Å². The van der Waals surface area contributed by atoms with E-state index in [1.807, 2.05) is 32.0 Å². The van der Waals surface area contributed by atoms with Gasteiger partial charge < -0.3 is 4.74 Å². The number of carbonyl (C=O) groups is 2. The molecular formula is C21H18ClN3O5S. The Morgan fingerprint density at radius 3 is 2.58 bits per heavy atom. The van der Waals surface area contributed by atoms with E-state index in [9.17, 15) is 19.7 Å². The molecule has 10 heteroatoms. The smallest absolute Gasteiger partial charge is 0.340 e. The topological polar surface area (TPSA) is 103 Å². The lowest BCUT2D eigenvalue weighted by atomic mass is 10.1. The molecule has 0 aliphatic heterocycles. The molecule has 0 aliphatic carbocycles. The quantitative estimate of drug-likeness (QED) is 0.279. The van der Waals surface area contributed by atoms with Gasteiger partial charge in [0.25, 0.3) is 5.69 Å². The fourth-order valence-corrected chi connectivity index (χ4v) is 3.82. The van der Waals surface area contributed by atoms with Gasteiger partial charge in [-0.05, 0) is 43.2 Å². The number of nitro groups is 1. The van der Waals surface area contributed by atoms with Crippen LogP contribution in [0.5, 0.6) is 0 Å². The van der Waals surface area contributed by atoms with Gasteiger partial charge >= 0.3 is 5.97 Å². The summed E-state index contributed by atoms with van der Waals surface area (Å²) in [4.78, 5) is 40.8. The molecule has 0 bridgehead atoms. The summed E-state index contributed by atoms with van der Waals surface area (Å²) in [6.45, 7) is 5.22. The first-order valence-corrected chi connectivity index (χ1v) is 10.4. The minimum absolute atomic E-state index is 0.0482. The fraction of sp³-hybridized carbons (Fsp3) is 0.190. The molecule has 0 saturated heterocycles. The molecule has 0 fully saturated rings. The summed E-state index contributed by atoms with van der Waals surface area (Å²) in [5.41, 5.74) is 2.91. The SMILES string of the molecule is CC(=O)N(c1ccc(C)c(C)c1)c1nc(COC(=O)c2cc([N+](=O)[O-])ccc2Cl)cs1. The first-order chi connectivity index (χ1) is 14.7. The maximum atomic E-state index is 12.3. The molecule has 0 N–H and O–H groups in total. The number of non-ortho nitro benzene ring substituents is 1. The lowest BCUT2D eigenvalue weighted by Crippen LogP contribution is -2.22. The van der Waals surface area contributed by atoms with Crippen LogP contribution in [0.1, 0.15) is 34.1 Å². The molecule has 0 radical (unpaired) electrons. The standard InChI is InChI=1S/C21H18ClN3O5S/c1-12-4-5-16(8-13(12)2)24(14(3)26)21-23-15(11-31-21)10-30-20(27)18-9-17(25(28)29)6-7-19(18)22/h4-9,11H,10H2,1-3H3. The summed E-state index contributed by atoms with van der Waals surface area (Å²) in [7, 11) is 0. The second-order valence-corrected chi connectivity index (χ2v) is 7.99. The highest BCUT2D eigenvalue weighted by molar-refractivity contribution is 7.14. The van der Waals surface area contributed by atoms with Crippen LogP contribution < -0.4 is 4.90 Å². The molecule has 0 atom stereocenters. The number of benzene rings is 2. The molecule has 1 amide bonds. The van der Waals surface area contributed by atoms with Crippen LogP contribution in [0, 0.1) is 24.0 Å². The highest BCUT2D eigenvalue weighted by Crippen LogP contribution is 2.30. The third-order valence-corrected chi connectivity index (χ3v) is 5.73. The van der Waals surface area contributed by atoms with Crippen molar-refractivity contribution in [3.63, 3.8) is 0 Å². The maximum absolute atomic E-state index is 12.3.